The van der Waals surface area contributed by atoms with Gasteiger partial charge in [0.05, 0.1) is 11.9 Å². The van der Waals surface area contributed by atoms with Crippen molar-refractivity contribution in [3.8, 4) is 0 Å². The second-order valence-corrected chi connectivity index (χ2v) is 4.26. The SMILES string of the molecule is CCn1cc(C(O)c2ncccc2Br)cn1. The van der Waals surface area contributed by atoms with E-state index in [9.17, 15) is 5.11 Å². The van der Waals surface area contributed by atoms with Gasteiger partial charge in [-0.3, -0.25) is 9.67 Å². The van der Waals surface area contributed by atoms with Gasteiger partial charge < -0.3 is 5.11 Å². The molecule has 1 unspecified atom stereocenters. The third-order valence-corrected chi connectivity index (χ3v) is 3.01. The number of halogens is 1. The summed E-state index contributed by atoms with van der Waals surface area (Å²) in [6.07, 6.45) is 4.41. The van der Waals surface area contributed by atoms with Crippen LogP contribution in [0.25, 0.3) is 0 Å². The average Bonchev–Trinajstić information content (AvgIpc) is 2.77. The minimum absolute atomic E-state index is 0.609. The van der Waals surface area contributed by atoms with Crippen molar-refractivity contribution in [1.82, 2.24) is 14.8 Å². The number of pyridine rings is 1. The van der Waals surface area contributed by atoms with Crippen LogP contribution in [0.1, 0.15) is 24.3 Å². The Morgan fingerprint density at radius 2 is 2.38 bits per heavy atom. The minimum Gasteiger partial charge on any atom is -0.382 e. The molecule has 0 fully saturated rings. The van der Waals surface area contributed by atoms with Crippen LogP contribution in [0.2, 0.25) is 0 Å². The van der Waals surface area contributed by atoms with Crippen molar-refractivity contribution in [1.29, 1.82) is 0 Å². The Labute approximate surface area is 102 Å². The standard InChI is InChI=1S/C11H12BrN3O/c1-2-15-7-8(6-14-15)11(16)10-9(12)4-3-5-13-10/h3-7,11,16H,2H2,1H3. The number of hydrogen-bond donors (Lipinski definition) is 1. The van der Waals surface area contributed by atoms with E-state index < -0.39 is 6.10 Å². The number of rotatable bonds is 3. The minimum atomic E-state index is -0.740. The van der Waals surface area contributed by atoms with Crippen molar-refractivity contribution >= 4 is 15.9 Å². The Morgan fingerprint density at radius 1 is 1.56 bits per heavy atom. The molecule has 1 N–H and O–H groups in total. The number of aryl methyl sites for hydroxylation is 1. The first-order chi connectivity index (χ1) is 7.72. The molecule has 0 aliphatic heterocycles. The molecule has 0 aromatic carbocycles. The molecule has 16 heavy (non-hydrogen) atoms. The van der Waals surface area contributed by atoms with Crippen molar-refractivity contribution in [3.05, 3.63) is 46.5 Å². The van der Waals surface area contributed by atoms with Crippen molar-refractivity contribution in [2.24, 2.45) is 0 Å². The Bertz CT molecular complexity index is 484. The van der Waals surface area contributed by atoms with Crippen molar-refractivity contribution < 1.29 is 5.11 Å². The van der Waals surface area contributed by atoms with Crippen LogP contribution in [0.3, 0.4) is 0 Å². The van der Waals surface area contributed by atoms with Crippen LogP contribution < -0.4 is 0 Å². The quantitative estimate of drug-likeness (QED) is 0.938. The molecule has 0 radical (unpaired) electrons. The van der Waals surface area contributed by atoms with E-state index >= 15 is 0 Å². The zero-order valence-electron chi connectivity index (χ0n) is 8.84. The molecular weight excluding hydrogens is 270 g/mol. The summed E-state index contributed by atoms with van der Waals surface area (Å²) in [7, 11) is 0. The fourth-order valence-electron chi connectivity index (χ4n) is 1.45. The van der Waals surface area contributed by atoms with E-state index in [0.717, 1.165) is 16.6 Å². The van der Waals surface area contributed by atoms with Crippen LogP contribution in [0, 0.1) is 0 Å². The van der Waals surface area contributed by atoms with Crippen LogP contribution in [-0.2, 0) is 6.54 Å². The average molecular weight is 282 g/mol. The second-order valence-electron chi connectivity index (χ2n) is 3.40. The fraction of sp³-hybridized carbons (Fsp3) is 0.273. The number of aliphatic hydroxyl groups excluding tert-OH is 1. The largest absolute Gasteiger partial charge is 0.382 e. The van der Waals surface area contributed by atoms with Crippen molar-refractivity contribution in [2.45, 2.75) is 19.6 Å². The maximum Gasteiger partial charge on any atom is 0.125 e. The monoisotopic (exact) mass is 281 g/mol. The van der Waals surface area contributed by atoms with Gasteiger partial charge in [0, 0.05) is 29.0 Å². The first-order valence-electron chi connectivity index (χ1n) is 5.03. The van der Waals surface area contributed by atoms with Crippen LogP contribution in [0.4, 0.5) is 0 Å². The van der Waals surface area contributed by atoms with Gasteiger partial charge in [-0.1, -0.05) is 0 Å². The summed E-state index contributed by atoms with van der Waals surface area (Å²) >= 11 is 3.37. The molecule has 5 heteroatoms. The molecule has 4 nitrogen and oxygen atoms in total. The van der Waals surface area contributed by atoms with E-state index in [-0.39, 0.29) is 0 Å². The van der Waals surface area contributed by atoms with Gasteiger partial charge in [0.2, 0.25) is 0 Å². The van der Waals surface area contributed by atoms with Gasteiger partial charge in [0.25, 0.3) is 0 Å². The van der Waals surface area contributed by atoms with Gasteiger partial charge in [-0.2, -0.15) is 5.10 Å². The zero-order chi connectivity index (χ0) is 11.5. The lowest BCUT2D eigenvalue weighted by Crippen LogP contribution is -2.02. The third kappa shape index (κ3) is 2.15. The number of aliphatic hydroxyl groups is 1. The molecule has 2 aromatic rings. The Balaban J connectivity index is 2.31. The topological polar surface area (TPSA) is 50.9 Å². The van der Waals surface area contributed by atoms with E-state index in [0.29, 0.717) is 5.69 Å². The molecule has 0 bridgehead atoms. The van der Waals surface area contributed by atoms with Gasteiger partial charge >= 0.3 is 0 Å². The van der Waals surface area contributed by atoms with E-state index in [1.54, 1.807) is 17.1 Å². The number of nitrogens with zero attached hydrogens (tertiary/aromatic N) is 3. The molecule has 0 saturated carbocycles. The molecular formula is C11H12BrN3O. The summed E-state index contributed by atoms with van der Waals surface area (Å²) in [6, 6.07) is 3.67. The normalized spacial score (nSPS) is 12.7. The lowest BCUT2D eigenvalue weighted by Gasteiger charge is -2.09. The number of aromatic nitrogens is 3. The molecule has 2 rings (SSSR count). The molecule has 0 spiro atoms. The van der Waals surface area contributed by atoms with Crippen LogP contribution in [-0.4, -0.2) is 19.9 Å². The summed E-state index contributed by atoms with van der Waals surface area (Å²) < 4.78 is 2.57. The number of hydrogen-bond acceptors (Lipinski definition) is 3. The van der Waals surface area contributed by atoms with Gasteiger partial charge in [0.1, 0.15) is 6.10 Å². The molecule has 84 valence electrons. The summed E-state index contributed by atoms with van der Waals surface area (Å²) in [5.41, 5.74) is 1.36. The van der Waals surface area contributed by atoms with Crippen LogP contribution in [0.15, 0.2) is 35.2 Å². The van der Waals surface area contributed by atoms with Gasteiger partial charge in [0.15, 0.2) is 0 Å². The van der Waals surface area contributed by atoms with E-state index in [2.05, 4.69) is 26.0 Å². The summed E-state index contributed by atoms with van der Waals surface area (Å²) in [6.45, 7) is 2.79. The van der Waals surface area contributed by atoms with Gasteiger partial charge in [-0.05, 0) is 35.0 Å². The first-order valence-corrected chi connectivity index (χ1v) is 5.82. The smallest absolute Gasteiger partial charge is 0.125 e. The predicted molar refractivity (Wildman–Crippen MR) is 63.9 cm³/mol. The molecule has 1 atom stereocenters. The predicted octanol–water partition coefficient (Wildman–Crippen LogP) is 2.14. The highest BCUT2D eigenvalue weighted by molar-refractivity contribution is 9.10. The maximum absolute atomic E-state index is 10.1. The Hall–Kier alpha value is -1.20. The molecule has 0 aliphatic rings. The molecule has 0 saturated heterocycles. The van der Waals surface area contributed by atoms with Gasteiger partial charge in [-0.15, -0.1) is 0 Å². The van der Waals surface area contributed by atoms with Crippen molar-refractivity contribution in [2.75, 3.05) is 0 Å². The Kier molecular flexibility index (Phi) is 3.36. The maximum atomic E-state index is 10.1. The lowest BCUT2D eigenvalue weighted by molar-refractivity contribution is 0.214. The lowest BCUT2D eigenvalue weighted by atomic mass is 10.1. The highest BCUT2D eigenvalue weighted by Crippen LogP contribution is 2.25. The van der Waals surface area contributed by atoms with E-state index in [4.69, 9.17) is 0 Å². The third-order valence-electron chi connectivity index (χ3n) is 2.34. The molecule has 2 heterocycles. The van der Waals surface area contributed by atoms with Crippen LogP contribution in [0.5, 0.6) is 0 Å². The first kappa shape index (κ1) is 11.3. The molecule has 0 aliphatic carbocycles. The summed E-state index contributed by atoms with van der Waals surface area (Å²) in [5.74, 6) is 0. The fourth-order valence-corrected chi connectivity index (χ4v) is 1.92. The highest BCUT2D eigenvalue weighted by Gasteiger charge is 2.16. The Morgan fingerprint density at radius 3 is 3.00 bits per heavy atom. The van der Waals surface area contributed by atoms with E-state index in [1.165, 1.54) is 0 Å². The molecule has 0 amide bonds. The van der Waals surface area contributed by atoms with Crippen molar-refractivity contribution in [3.63, 3.8) is 0 Å². The highest BCUT2D eigenvalue weighted by atomic mass is 79.9. The second kappa shape index (κ2) is 4.76. The van der Waals surface area contributed by atoms with Crippen LogP contribution >= 0.6 is 15.9 Å². The summed E-state index contributed by atoms with van der Waals surface area (Å²) in [4.78, 5) is 4.16. The van der Waals surface area contributed by atoms with Gasteiger partial charge in [-0.25, -0.2) is 0 Å². The van der Waals surface area contributed by atoms with E-state index in [1.807, 2.05) is 25.3 Å². The summed E-state index contributed by atoms with van der Waals surface area (Å²) in [5, 5.41) is 14.3. The zero-order valence-corrected chi connectivity index (χ0v) is 10.4. The molecule has 2 aromatic heterocycles.